The Morgan fingerprint density at radius 2 is 2.04 bits per heavy atom. The molecule has 5 nitrogen and oxygen atoms in total. The second kappa shape index (κ2) is 8.23. The highest BCUT2D eigenvalue weighted by atomic mass is 16.7. The van der Waals surface area contributed by atoms with Gasteiger partial charge < -0.3 is 19.0 Å². The molecule has 0 aliphatic carbocycles. The fraction of sp³-hybridized carbons (Fsp3) is 0.400. The van der Waals surface area contributed by atoms with Crippen molar-refractivity contribution in [1.82, 2.24) is 4.90 Å². The number of aliphatic hydroxyl groups excluding tert-OH is 1. The Balaban J connectivity index is 1.69. The van der Waals surface area contributed by atoms with Crippen LogP contribution < -0.4 is 9.47 Å². The SMILES string of the molecule is C=CCCC(O)CN(Cc1ccc2c(c1)OCO2)Cc1ccc(C)o1. The molecule has 1 atom stereocenters. The molecule has 3 rings (SSSR count). The molecule has 134 valence electrons. The third-order valence-electron chi connectivity index (χ3n) is 4.19. The normalized spacial score (nSPS) is 14.0. The summed E-state index contributed by atoms with van der Waals surface area (Å²) < 4.78 is 16.5. The van der Waals surface area contributed by atoms with Crippen LogP contribution in [0.5, 0.6) is 11.5 Å². The number of benzene rings is 1. The van der Waals surface area contributed by atoms with Gasteiger partial charge in [-0.15, -0.1) is 6.58 Å². The van der Waals surface area contributed by atoms with E-state index in [2.05, 4.69) is 11.5 Å². The number of allylic oxidation sites excluding steroid dienone is 1. The minimum Gasteiger partial charge on any atom is -0.465 e. The molecule has 0 radical (unpaired) electrons. The van der Waals surface area contributed by atoms with Crippen molar-refractivity contribution in [3.63, 3.8) is 0 Å². The molecular formula is C20H25NO4. The van der Waals surface area contributed by atoms with E-state index in [0.29, 0.717) is 26.1 Å². The van der Waals surface area contributed by atoms with Crippen LogP contribution >= 0.6 is 0 Å². The molecule has 1 unspecified atom stereocenters. The van der Waals surface area contributed by atoms with Crippen molar-refractivity contribution in [2.24, 2.45) is 0 Å². The second-order valence-electron chi connectivity index (χ2n) is 6.39. The third kappa shape index (κ3) is 4.87. The summed E-state index contributed by atoms with van der Waals surface area (Å²) >= 11 is 0. The summed E-state index contributed by atoms with van der Waals surface area (Å²) in [6.07, 6.45) is 2.95. The molecular weight excluding hydrogens is 318 g/mol. The zero-order chi connectivity index (χ0) is 17.6. The van der Waals surface area contributed by atoms with Crippen LogP contribution in [0, 0.1) is 6.92 Å². The van der Waals surface area contributed by atoms with Gasteiger partial charge >= 0.3 is 0 Å². The Hall–Kier alpha value is -2.24. The molecule has 0 amide bonds. The Bertz CT molecular complexity index is 709. The van der Waals surface area contributed by atoms with E-state index in [0.717, 1.165) is 35.0 Å². The predicted molar refractivity (Wildman–Crippen MR) is 95.6 cm³/mol. The zero-order valence-corrected chi connectivity index (χ0v) is 14.6. The highest BCUT2D eigenvalue weighted by molar-refractivity contribution is 5.44. The lowest BCUT2D eigenvalue weighted by Gasteiger charge is -2.24. The topological polar surface area (TPSA) is 55.1 Å². The first-order valence-corrected chi connectivity index (χ1v) is 8.59. The molecule has 0 saturated heterocycles. The molecule has 2 aromatic rings. The van der Waals surface area contributed by atoms with Crippen LogP contribution in [0.25, 0.3) is 0 Å². The standard InChI is InChI=1S/C20H25NO4/c1-3-4-5-17(22)12-21(13-18-8-6-15(2)25-18)11-16-7-9-19-20(10-16)24-14-23-19/h3,6-10,17,22H,1,4-5,11-14H2,2H3. The first-order valence-electron chi connectivity index (χ1n) is 8.59. The van der Waals surface area contributed by atoms with Gasteiger partial charge in [0.05, 0.1) is 12.6 Å². The number of hydrogen-bond acceptors (Lipinski definition) is 5. The van der Waals surface area contributed by atoms with Gasteiger partial charge in [0.2, 0.25) is 6.79 Å². The van der Waals surface area contributed by atoms with Crippen LogP contribution in [0.2, 0.25) is 0 Å². The average molecular weight is 343 g/mol. The fourth-order valence-electron chi connectivity index (χ4n) is 2.97. The molecule has 1 N–H and O–H groups in total. The number of hydrogen-bond donors (Lipinski definition) is 1. The zero-order valence-electron chi connectivity index (χ0n) is 14.6. The largest absolute Gasteiger partial charge is 0.465 e. The summed E-state index contributed by atoms with van der Waals surface area (Å²) in [5, 5.41) is 10.3. The van der Waals surface area contributed by atoms with Crippen LogP contribution in [0.3, 0.4) is 0 Å². The van der Waals surface area contributed by atoms with Gasteiger partial charge in [-0.25, -0.2) is 0 Å². The Labute approximate surface area is 148 Å². The highest BCUT2D eigenvalue weighted by Gasteiger charge is 2.17. The van der Waals surface area contributed by atoms with Crippen LogP contribution in [0.15, 0.2) is 47.4 Å². The van der Waals surface area contributed by atoms with Crippen LogP contribution in [-0.4, -0.2) is 29.4 Å². The van der Waals surface area contributed by atoms with Crippen LogP contribution in [0.4, 0.5) is 0 Å². The molecule has 1 aromatic heterocycles. The van der Waals surface area contributed by atoms with Gasteiger partial charge in [-0.05, 0) is 49.6 Å². The fourth-order valence-corrected chi connectivity index (χ4v) is 2.97. The maximum absolute atomic E-state index is 10.3. The van der Waals surface area contributed by atoms with Gasteiger partial charge in [0.1, 0.15) is 11.5 Å². The maximum atomic E-state index is 10.3. The van der Waals surface area contributed by atoms with E-state index in [-0.39, 0.29) is 6.79 Å². The smallest absolute Gasteiger partial charge is 0.231 e. The van der Waals surface area contributed by atoms with Crippen molar-refractivity contribution >= 4 is 0 Å². The summed E-state index contributed by atoms with van der Waals surface area (Å²) in [6.45, 7) is 7.84. The molecule has 1 aliphatic heterocycles. The number of rotatable bonds is 9. The number of ether oxygens (including phenoxy) is 2. The maximum Gasteiger partial charge on any atom is 0.231 e. The minimum absolute atomic E-state index is 0.272. The van der Waals surface area contributed by atoms with Gasteiger partial charge in [-0.3, -0.25) is 4.90 Å². The average Bonchev–Trinajstić information content (AvgIpc) is 3.21. The van der Waals surface area contributed by atoms with Gasteiger partial charge in [-0.2, -0.15) is 0 Å². The van der Waals surface area contributed by atoms with E-state index >= 15 is 0 Å². The second-order valence-corrected chi connectivity index (χ2v) is 6.39. The summed E-state index contributed by atoms with van der Waals surface area (Å²) in [4.78, 5) is 2.18. The molecule has 0 saturated carbocycles. The lowest BCUT2D eigenvalue weighted by Crippen LogP contribution is -2.31. The van der Waals surface area contributed by atoms with E-state index in [1.54, 1.807) is 0 Å². The van der Waals surface area contributed by atoms with Crippen molar-refractivity contribution in [3.8, 4) is 11.5 Å². The van der Waals surface area contributed by atoms with Crippen molar-refractivity contribution < 1.29 is 19.0 Å². The molecule has 25 heavy (non-hydrogen) atoms. The summed E-state index contributed by atoms with van der Waals surface area (Å²) in [6, 6.07) is 9.91. The van der Waals surface area contributed by atoms with E-state index < -0.39 is 6.10 Å². The van der Waals surface area contributed by atoms with Gasteiger partial charge in [0.25, 0.3) is 0 Å². The number of nitrogens with zero attached hydrogens (tertiary/aromatic N) is 1. The molecule has 5 heteroatoms. The Kier molecular flexibility index (Phi) is 5.79. The lowest BCUT2D eigenvalue weighted by atomic mass is 10.1. The monoisotopic (exact) mass is 343 g/mol. The molecule has 2 heterocycles. The van der Waals surface area contributed by atoms with Crippen molar-refractivity contribution in [2.45, 2.75) is 39.0 Å². The number of fused-ring (bicyclic) bond motifs is 1. The summed E-state index contributed by atoms with van der Waals surface area (Å²) in [5.41, 5.74) is 1.11. The first kappa shape index (κ1) is 17.6. The molecule has 0 bridgehead atoms. The quantitative estimate of drug-likeness (QED) is 0.705. The van der Waals surface area contributed by atoms with E-state index in [4.69, 9.17) is 13.9 Å². The third-order valence-corrected chi connectivity index (χ3v) is 4.19. The van der Waals surface area contributed by atoms with Crippen molar-refractivity contribution in [2.75, 3.05) is 13.3 Å². The number of furan rings is 1. The van der Waals surface area contributed by atoms with Gasteiger partial charge in [0.15, 0.2) is 11.5 Å². The first-order chi connectivity index (χ1) is 12.1. The van der Waals surface area contributed by atoms with E-state index in [9.17, 15) is 5.11 Å². The van der Waals surface area contributed by atoms with Crippen molar-refractivity contribution in [3.05, 3.63) is 60.1 Å². The predicted octanol–water partition coefficient (Wildman–Crippen LogP) is 3.65. The molecule has 1 aromatic carbocycles. The lowest BCUT2D eigenvalue weighted by molar-refractivity contribution is 0.0943. The number of aliphatic hydroxyl groups is 1. The Morgan fingerprint density at radius 3 is 2.80 bits per heavy atom. The Morgan fingerprint density at radius 1 is 1.20 bits per heavy atom. The molecule has 1 aliphatic rings. The van der Waals surface area contributed by atoms with E-state index in [1.807, 2.05) is 43.3 Å². The van der Waals surface area contributed by atoms with Gasteiger partial charge in [0, 0.05) is 13.1 Å². The van der Waals surface area contributed by atoms with Crippen LogP contribution in [0.1, 0.15) is 29.9 Å². The summed E-state index contributed by atoms with van der Waals surface area (Å²) in [7, 11) is 0. The van der Waals surface area contributed by atoms with Crippen molar-refractivity contribution in [1.29, 1.82) is 0 Å². The minimum atomic E-state index is -0.400. The summed E-state index contributed by atoms with van der Waals surface area (Å²) in [5.74, 6) is 3.35. The number of aryl methyl sites for hydroxylation is 1. The molecule has 0 spiro atoms. The highest BCUT2D eigenvalue weighted by Crippen LogP contribution is 2.33. The van der Waals surface area contributed by atoms with Crippen LogP contribution in [-0.2, 0) is 13.1 Å². The van der Waals surface area contributed by atoms with Gasteiger partial charge in [-0.1, -0.05) is 12.1 Å². The molecule has 0 fully saturated rings. The van der Waals surface area contributed by atoms with E-state index in [1.165, 1.54) is 0 Å².